The predicted octanol–water partition coefficient (Wildman–Crippen LogP) is 8.55. The van der Waals surface area contributed by atoms with Gasteiger partial charge in [0.15, 0.2) is 6.10 Å². The second-order valence-corrected chi connectivity index (χ2v) is 16.9. The molecule has 55 heavy (non-hydrogen) atoms. The Bertz CT molecular complexity index is 1150. The number of aliphatic hydroxyl groups is 2. The Kier molecular flexibility index (Phi) is 33.3. The number of aliphatic hydroxyl groups excluding tert-OH is 2. The first-order valence-electron chi connectivity index (χ1n) is 20.1. The van der Waals surface area contributed by atoms with Crippen molar-refractivity contribution in [2.45, 2.75) is 167 Å². The van der Waals surface area contributed by atoms with Crippen LogP contribution in [0.2, 0.25) is 0 Å². The maximum atomic E-state index is 12.6. The minimum absolute atomic E-state index is 0.111. The molecule has 0 saturated heterocycles. The van der Waals surface area contributed by atoms with E-state index in [0.717, 1.165) is 70.1 Å². The fraction of sp³-hybridized carbons (Fsp3) is 0.795. The predicted molar refractivity (Wildman–Crippen MR) is 213 cm³/mol. The van der Waals surface area contributed by atoms with E-state index in [1.54, 1.807) is 6.08 Å². The van der Waals surface area contributed by atoms with Crippen LogP contribution < -0.4 is 0 Å². The van der Waals surface area contributed by atoms with Gasteiger partial charge in [-0.25, -0.2) is 9.13 Å². The minimum Gasteiger partial charge on any atom is -0.462 e. The molecule has 322 valence electrons. The van der Waals surface area contributed by atoms with Crippen LogP contribution in [0, 0.1) is 5.92 Å². The number of carbonyl (C=O) groups excluding carboxylic acids is 2. The highest BCUT2D eigenvalue weighted by Gasteiger charge is 2.28. The molecule has 0 aliphatic rings. The molecule has 0 aromatic carbocycles. The lowest BCUT2D eigenvalue weighted by molar-refractivity contribution is -0.161. The van der Waals surface area contributed by atoms with Crippen molar-refractivity contribution in [3.05, 3.63) is 36.5 Å². The quantitative estimate of drug-likeness (QED) is 0.0130. The van der Waals surface area contributed by atoms with Crippen LogP contribution in [-0.2, 0) is 41.8 Å². The fourth-order valence-electron chi connectivity index (χ4n) is 5.24. The van der Waals surface area contributed by atoms with Crippen LogP contribution >= 0.6 is 15.6 Å². The molecular formula is C39H72O14P2. The molecule has 16 heteroatoms. The molecule has 0 spiro atoms. The molecular weight excluding hydrogens is 754 g/mol. The Labute approximate surface area is 329 Å². The molecule has 0 rings (SSSR count). The number of unbranched alkanes of at least 4 members (excludes halogenated alkanes) is 12. The first-order valence-corrected chi connectivity index (χ1v) is 23.2. The molecule has 0 aromatic rings. The van der Waals surface area contributed by atoms with Gasteiger partial charge in [-0.2, -0.15) is 0 Å². The summed E-state index contributed by atoms with van der Waals surface area (Å²) >= 11 is 0. The van der Waals surface area contributed by atoms with Gasteiger partial charge in [0, 0.05) is 12.8 Å². The van der Waals surface area contributed by atoms with E-state index in [0.29, 0.717) is 19.3 Å². The lowest BCUT2D eigenvalue weighted by Crippen LogP contribution is -2.30. The van der Waals surface area contributed by atoms with E-state index in [1.165, 1.54) is 32.1 Å². The first-order chi connectivity index (χ1) is 26.1. The molecule has 5 N–H and O–H groups in total. The van der Waals surface area contributed by atoms with Gasteiger partial charge in [-0.05, 0) is 38.0 Å². The highest BCUT2D eigenvalue weighted by Crippen LogP contribution is 2.43. The van der Waals surface area contributed by atoms with Crippen LogP contribution in [-0.4, -0.2) is 81.6 Å². The molecule has 0 heterocycles. The molecule has 0 aliphatic carbocycles. The van der Waals surface area contributed by atoms with Crippen LogP contribution in [0.1, 0.15) is 149 Å². The van der Waals surface area contributed by atoms with Gasteiger partial charge in [-0.3, -0.25) is 23.2 Å². The van der Waals surface area contributed by atoms with Crippen molar-refractivity contribution < 1.29 is 66.7 Å². The molecule has 0 radical (unpaired) electrons. The van der Waals surface area contributed by atoms with Crippen molar-refractivity contribution in [1.82, 2.24) is 0 Å². The Hall–Kier alpha value is -1.70. The molecule has 14 nitrogen and oxygen atoms in total. The van der Waals surface area contributed by atoms with E-state index in [9.17, 15) is 33.8 Å². The monoisotopic (exact) mass is 826 g/mol. The highest BCUT2D eigenvalue weighted by atomic mass is 31.2. The number of hydrogen-bond acceptors (Lipinski definition) is 11. The maximum Gasteiger partial charge on any atom is 0.472 e. The van der Waals surface area contributed by atoms with Crippen molar-refractivity contribution in [1.29, 1.82) is 0 Å². The number of phosphoric acid groups is 2. The van der Waals surface area contributed by atoms with Crippen LogP contribution in [0.4, 0.5) is 0 Å². The summed E-state index contributed by atoms with van der Waals surface area (Å²) in [6, 6.07) is 0. The summed E-state index contributed by atoms with van der Waals surface area (Å²) in [4.78, 5) is 52.5. The van der Waals surface area contributed by atoms with E-state index in [4.69, 9.17) is 23.8 Å². The second kappa shape index (κ2) is 34.4. The number of phosphoric ester groups is 2. The first kappa shape index (κ1) is 53.3. The average molecular weight is 827 g/mol. The van der Waals surface area contributed by atoms with Gasteiger partial charge in [-0.15, -0.1) is 0 Å². The molecule has 0 amide bonds. The molecule has 4 atom stereocenters. The van der Waals surface area contributed by atoms with E-state index in [1.807, 2.05) is 18.2 Å². The van der Waals surface area contributed by atoms with Crippen molar-refractivity contribution in [2.24, 2.45) is 5.92 Å². The zero-order chi connectivity index (χ0) is 41.2. The van der Waals surface area contributed by atoms with Crippen molar-refractivity contribution in [2.75, 3.05) is 26.4 Å². The minimum atomic E-state index is -4.87. The standard InChI is InChI=1S/C39H72O14P2/c1-4-5-6-7-11-16-21-26-35(40)27-22-17-14-19-23-28-38(42)49-32-37(33-52-55(47,48)51-31-36(41)30-50-54(44,45)46)53-39(43)29-24-18-13-10-8-9-12-15-20-25-34(2)3/h5-6,11,16,21,26,34-37,40-41H,4,7-10,12-15,17-20,22-25,27-33H2,1-3H3,(H,47,48)(H2,44,45,46)/b6-5+,16-11+,26-21+/t35?,36-,37+/m0/s1. The topological polar surface area (TPSA) is 216 Å². The fourth-order valence-corrected chi connectivity index (χ4v) is 6.40. The molecule has 0 aromatic heterocycles. The third kappa shape index (κ3) is 38.9. The molecule has 0 saturated carbocycles. The lowest BCUT2D eigenvalue weighted by atomic mass is 10.0. The third-order valence-corrected chi connectivity index (χ3v) is 9.75. The van der Waals surface area contributed by atoms with E-state index in [2.05, 4.69) is 42.0 Å². The Morgan fingerprint density at radius 3 is 1.73 bits per heavy atom. The summed E-state index contributed by atoms with van der Waals surface area (Å²) < 4.78 is 47.6. The van der Waals surface area contributed by atoms with Gasteiger partial charge < -0.3 is 34.4 Å². The SMILES string of the molecule is CC/C=C/C/C=C/C=C/C(O)CCCCCCCC(=O)OC[C@H](COP(=O)(O)OC[C@@H](O)COP(=O)(O)O)OC(=O)CCCCCCCCCCCC(C)C. The Morgan fingerprint density at radius 2 is 1.15 bits per heavy atom. The number of allylic oxidation sites excluding steroid dienone is 5. The van der Waals surface area contributed by atoms with Crippen LogP contribution in [0.15, 0.2) is 36.5 Å². The number of ether oxygens (including phenoxy) is 2. The smallest absolute Gasteiger partial charge is 0.462 e. The summed E-state index contributed by atoms with van der Waals surface area (Å²) in [6.07, 6.45) is 26.1. The average Bonchev–Trinajstić information content (AvgIpc) is 3.12. The number of rotatable bonds is 37. The molecule has 0 bridgehead atoms. The summed E-state index contributed by atoms with van der Waals surface area (Å²) in [6.45, 7) is 3.77. The van der Waals surface area contributed by atoms with Gasteiger partial charge in [-0.1, -0.05) is 141 Å². The largest absolute Gasteiger partial charge is 0.472 e. The van der Waals surface area contributed by atoms with Gasteiger partial charge in [0.05, 0.1) is 25.9 Å². The lowest BCUT2D eigenvalue weighted by Gasteiger charge is -2.20. The van der Waals surface area contributed by atoms with Crippen LogP contribution in [0.5, 0.6) is 0 Å². The number of carbonyl (C=O) groups is 2. The molecule has 0 fully saturated rings. The summed E-state index contributed by atoms with van der Waals surface area (Å²) in [5, 5.41) is 19.8. The summed E-state index contributed by atoms with van der Waals surface area (Å²) in [5.41, 5.74) is 0. The van der Waals surface area contributed by atoms with Gasteiger partial charge in [0.25, 0.3) is 0 Å². The van der Waals surface area contributed by atoms with Crippen molar-refractivity contribution >= 4 is 27.6 Å². The van der Waals surface area contributed by atoms with Gasteiger partial charge in [0.1, 0.15) is 12.7 Å². The van der Waals surface area contributed by atoms with Crippen LogP contribution in [0.3, 0.4) is 0 Å². The summed E-state index contributed by atoms with van der Waals surface area (Å²) in [7, 11) is -9.69. The van der Waals surface area contributed by atoms with E-state index in [-0.39, 0.29) is 12.8 Å². The van der Waals surface area contributed by atoms with E-state index < -0.39 is 72.3 Å². The third-order valence-electron chi connectivity index (χ3n) is 8.32. The van der Waals surface area contributed by atoms with Gasteiger partial charge in [0.2, 0.25) is 0 Å². The van der Waals surface area contributed by atoms with Crippen molar-refractivity contribution in [3.8, 4) is 0 Å². The zero-order valence-electron chi connectivity index (χ0n) is 33.5. The molecule has 2 unspecified atom stereocenters. The Balaban J connectivity index is 4.63. The second-order valence-electron chi connectivity index (χ2n) is 14.2. The molecule has 0 aliphatic heterocycles. The zero-order valence-corrected chi connectivity index (χ0v) is 35.3. The maximum absolute atomic E-state index is 12.6. The summed E-state index contributed by atoms with van der Waals surface area (Å²) in [5.74, 6) is -0.363. The Morgan fingerprint density at radius 1 is 0.618 bits per heavy atom. The van der Waals surface area contributed by atoms with Gasteiger partial charge >= 0.3 is 27.6 Å². The highest BCUT2D eigenvalue weighted by molar-refractivity contribution is 7.47. The van der Waals surface area contributed by atoms with Crippen LogP contribution in [0.25, 0.3) is 0 Å². The normalized spacial score (nSPS) is 15.2. The number of esters is 2. The number of hydrogen-bond donors (Lipinski definition) is 5. The van der Waals surface area contributed by atoms with Crippen molar-refractivity contribution in [3.63, 3.8) is 0 Å². The van der Waals surface area contributed by atoms with E-state index >= 15 is 0 Å².